The van der Waals surface area contributed by atoms with Gasteiger partial charge in [0, 0.05) is 47.1 Å². The Bertz CT molecular complexity index is 432. The molecule has 1 N–H and O–H groups in total. The Hall–Kier alpha value is -0.680. The summed E-state index contributed by atoms with van der Waals surface area (Å²) in [5.41, 5.74) is 1.28. The minimum Gasteiger partial charge on any atom is -0.333 e. The summed E-state index contributed by atoms with van der Waals surface area (Å²) < 4.78 is 13.6. The average molecular weight is 283 g/mol. The number of imidazole rings is 1. The normalized spacial score (nSPS) is 27.1. The zero-order valence-electron chi connectivity index (χ0n) is 12.1. The molecule has 1 aromatic heterocycles. The van der Waals surface area contributed by atoms with E-state index in [1.807, 2.05) is 19.4 Å². The molecule has 0 bridgehead atoms. The van der Waals surface area contributed by atoms with Crippen LogP contribution in [0.5, 0.6) is 0 Å². The number of hydrogen-bond acceptors (Lipinski definition) is 3. The number of rotatable bonds is 5. The summed E-state index contributed by atoms with van der Waals surface area (Å²) in [6, 6.07) is 1.01. The van der Waals surface area contributed by atoms with Crippen molar-refractivity contribution in [3.8, 4) is 0 Å². The van der Waals surface area contributed by atoms with Crippen LogP contribution in [0.3, 0.4) is 0 Å². The van der Waals surface area contributed by atoms with Crippen LogP contribution in [0.2, 0.25) is 0 Å². The van der Waals surface area contributed by atoms with Crippen LogP contribution < -0.4 is 5.32 Å². The SMILES string of the molecule is CC1CCCC(c2cncn2CCC(C)S(C)=O)N1. The van der Waals surface area contributed by atoms with Crippen LogP contribution in [0.1, 0.15) is 51.3 Å². The minimum atomic E-state index is -0.738. The number of piperidine rings is 1. The Balaban J connectivity index is 1.99. The second-order valence-corrected chi connectivity index (χ2v) is 7.46. The summed E-state index contributed by atoms with van der Waals surface area (Å²) in [4.78, 5) is 4.29. The Kier molecular flexibility index (Phi) is 5.16. The lowest BCUT2D eigenvalue weighted by atomic mass is 9.97. The van der Waals surface area contributed by atoms with Gasteiger partial charge in [-0.05, 0) is 32.6 Å². The van der Waals surface area contributed by atoms with Crippen molar-refractivity contribution in [1.29, 1.82) is 0 Å². The topological polar surface area (TPSA) is 46.9 Å². The second-order valence-electron chi connectivity index (χ2n) is 5.66. The molecule has 5 heteroatoms. The third-order valence-electron chi connectivity index (χ3n) is 4.06. The van der Waals surface area contributed by atoms with Crippen molar-refractivity contribution in [2.45, 2.75) is 63.4 Å². The van der Waals surface area contributed by atoms with E-state index < -0.39 is 10.8 Å². The van der Waals surface area contributed by atoms with Gasteiger partial charge >= 0.3 is 0 Å². The first-order chi connectivity index (χ1) is 9.08. The van der Waals surface area contributed by atoms with E-state index in [1.54, 1.807) is 6.26 Å². The molecule has 2 heterocycles. The molecule has 1 aromatic rings. The van der Waals surface area contributed by atoms with Crippen molar-refractivity contribution < 1.29 is 4.21 Å². The van der Waals surface area contributed by atoms with E-state index in [0.29, 0.717) is 12.1 Å². The number of hydrogen-bond donors (Lipinski definition) is 1. The number of aromatic nitrogens is 2. The summed E-state index contributed by atoms with van der Waals surface area (Å²) >= 11 is 0. The zero-order chi connectivity index (χ0) is 13.8. The Morgan fingerprint density at radius 2 is 2.37 bits per heavy atom. The lowest BCUT2D eigenvalue weighted by molar-refractivity contribution is 0.328. The molecule has 1 aliphatic rings. The van der Waals surface area contributed by atoms with E-state index in [9.17, 15) is 4.21 Å². The molecule has 4 nitrogen and oxygen atoms in total. The first-order valence-corrected chi connectivity index (χ1v) is 8.78. The van der Waals surface area contributed by atoms with E-state index in [0.717, 1.165) is 13.0 Å². The molecule has 0 aliphatic carbocycles. The molecule has 0 radical (unpaired) electrons. The molecule has 1 aliphatic heterocycles. The highest BCUT2D eigenvalue weighted by Crippen LogP contribution is 2.25. The number of aryl methyl sites for hydroxylation is 1. The highest BCUT2D eigenvalue weighted by atomic mass is 32.2. The third-order valence-corrected chi connectivity index (χ3v) is 5.43. The molecule has 0 saturated carbocycles. The van der Waals surface area contributed by atoms with Crippen molar-refractivity contribution >= 4 is 10.8 Å². The number of nitrogens with zero attached hydrogens (tertiary/aromatic N) is 2. The molecule has 0 spiro atoms. The van der Waals surface area contributed by atoms with Gasteiger partial charge in [-0.3, -0.25) is 4.21 Å². The fraction of sp³-hybridized carbons (Fsp3) is 0.786. The molecule has 19 heavy (non-hydrogen) atoms. The van der Waals surface area contributed by atoms with Gasteiger partial charge < -0.3 is 9.88 Å². The van der Waals surface area contributed by atoms with Gasteiger partial charge in [-0.25, -0.2) is 4.98 Å². The molecular weight excluding hydrogens is 258 g/mol. The summed E-state index contributed by atoms with van der Waals surface area (Å²) in [5.74, 6) is 0. The van der Waals surface area contributed by atoms with Crippen LogP contribution in [-0.4, -0.2) is 31.3 Å². The van der Waals surface area contributed by atoms with E-state index in [1.165, 1.54) is 25.0 Å². The maximum Gasteiger partial charge on any atom is 0.0948 e. The van der Waals surface area contributed by atoms with Crippen LogP contribution in [0.4, 0.5) is 0 Å². The lowest BCUT2D eigenvalue weighted by Crippen LogP contribution is -2.35. The van der Waals surface area contributed by atoms with Gasteiger partial charge in [-0.1, -0.05) is 6.92 Å². The highest BCUT2D eigenvalue weighted by Gasteiger charge is 2.22. The largest absolute Gasteiger partial charge is 0.333 e. The summed E-state index contributed by atoms with van der Waals surface area (Å²) in [6.07, 6.45) is 10.3. The molecule has 4 unspecified atom stereocenters. The predicted octanol–water partition coefficient (Wildman–Crippen LogP) is 2.24. The molecule has 2 rings (SSSR count). The molecule has 4 atom stereocenters. The van der Waals surface area contributed by atoms with Crippen LogP contribution in [0.15, 0.2) is 12.5 Å². The fourth-order valence-corrected chi connectivity index (χ4v) is 3.10. The van der Waals surface area contributed by atoms with E-state index in [2.05, 4.69) is 21.8 Å². The van der Waals surface area contributed by atoms with Crippen LogP contribution >= 0.6 is 0 Å². The maximum atomic E-state index is 11.4. The van der Waals surface area contributed by atoms with E-state index in [-0.39, 0.29) is 5.25 Å². The van der Waals surface area contributed by atoms with Crippen LogP contribution in [-0.2, 0) is 17.3 Å². The van der Waals surface area contributed by atoms with Gasteiger partial charge in [0.1, 0.15) is 0 Å². The molecule has 0 amide bonds. The Morgan fingerprint density at radius 3 is 3.05 bits per heavy atom. The third kappa shape index (κ3) is 3.89. The van der Waals surface area contributed by atoms with Gasteiger partial charge in [-0.2, -0.15) is 0 Å². The van der Waals surface area contributed by atoms with Gasteiger partial charge in [0.05, 0.1) is 12.0 Å². The smallest absolute Gasteiger partial charge is 0.0948 e. The van der Waals surface area contributed by atoms with Gasteiger partial charge in [0.2, 0.25) is 0 Å². The average Bonchev–Trinajstić information content (AvgIpc) is 2.84. The van der Waals surface area contributed by atoms with Crippen molar-refractivity contribution in [2.75, 3.05) is 6.26 Å². The van der Waals surface area contributed by atoms with Crippen molar-refractivity contribution in [1.82, 2.24) is 14.9 Å². The quantitative estimate of drug-likeness (QED) is 0.901. The molecule has 0 aromatic carbocycles. The lowest BCUT2D eigenvalue weighted by Gasteiger charge is -2.29. The number of nitrogens with one attached hydrogen (secondary N) is 1. The van der Waals surface area contributed by atoms with Gasteiger partial charge in [0.25, 0.3) is 0 Å². The van der Waals surface area contributed by atoms with Crippen molar-refractivity contribution in [3.05, 3.63) is 18.2 Å². The van der Waals surface area contributed by atoms with Crippen molar-refractivity contribution in [2.24, 2.45) is 0 Å². The summed E-state index contributed by atoms with van der Waals surface area (Å²) in [6.45, 7) is 5.20. The van der Waals surface area contributed by atoms with Gasteiger partial charge in [-0.15, -0.1) is 0 Å². The molecule has 1 saturated heterocycles. The minimum absolute atomic E-state index is 0.244. The summed E-state index contributed by atoms with van der Waals surface area (Å²) in [5, 5.41) is 3.89. The molecule has 108 valence electrons. The Labute approximate surface area is 118 Å². The van der Waals surface area contributed by atoms with E-state index in [4.69, 9.17) is 0 Å². The first kappa shape index (κ1) is 14.7. The first-order valence-electron chi connectivity index (χ1n) is 7.16. The Morgan fingerprint density at radius 1 is 1.58 bits per heavy atom. The molecule has 1 fully saturated rings. The van der Waals surface area contributed by atoms with E-state index >= 15 is 0 Å². The second kappa shape index (κ2) is 6.66. The monoisotopic (exact) mass is 283 g/mol. The summed E-state index contributed by atoms with van der Waals surface area (Å²) in [7, 11) is -0.738. The molecular formula is C14H25N3OS. The fourth-order valence-electron chi connectivity index (χ4n) is 2.67. The maximum absolute atomic E-state index is 11.4. The van der Waals surface area contributed by atoms with Crippen LogP contribution in [0.25, 0.3) is 0 Å². The van der Waals surface area contributed by atoms with Crippen LogP contribution in [0, 0.1) is 0 Å². The standard InChI is InChI=1S/C14H25N3OS/c1-11-5-4-6-13(16-11)14-9-15-10-17(14)8-7-12(2)19(3)18/h9-13,16H,4-8H2,1-3H3. The van der Waals surface area contributed by atoms with Gasteiger partial charge in [0.15, 0.2) is 0 Å². The van der Waals surface area contributed by atoms with Crippen molar-refractivity contribution in [3.63, 3.8) is 0 Å². The highest BCUT2D eigenvalue weighted by molar-refractivity contribution is 7.84. The zero-order valence-corrected chi connectivity index (χ0v) is 12.9. The predicted molar refractivity (Wildman–Crippen MR) is 79.6 cm³/mol.